The zero-order valence-corrected chi connectivity index (χ0v) is 20.4. The molecule has 0 aliphatic heterocycles. The van der Waals surface area contributed by atoms with Crippen molar-refractivity contribution in [3.63, 3.8) is 0 Å². The summed E-state index contributed by atoms with van der Waals surface area (Å²) in [4.78, 5) is 0. The zero-order chi connectivity index (χ0) is 26.3. The number of halogens is 4. The minimum Gasteiger partial charge on any atom is -0.418 e. The Bertz CT molecular complexity index is 1420. The van der Waals surface area contributed by atoms with Gasteiger partial charge >= 0.3 is 7.25 Å². The Labute approximate surface area is 214 Å². The largest absolute Gasteiger partial charge is 0.673 e. The Morgan fingerprint density at radius 2 is 0.973 bits per heavy atom. The second-order valence-corrected chi connectivity index (χ2v) is 8.58. The Morgan fingerprint density at radius 1 is 0.568 bits per heavy atom. The first kappa shape index (κ1) is 25.9. The van der Waals surface area contributed by atoms with Gasteiger partial charge in [0.25, 0.3) is 0 Å². The van der Waals surface area contributed by atoms with Gasteiger partial charge in [0, 0.05) is 28.3 Å². The highest BCUT2D eigenvalue weighted by atomic mass is 19.5. The molecule has 186 valence electrons. The van der Waals surface area contributed by atoms with Crippen LogP contribution in [-0.2, 0) is 6.54 Å². The molecule has 6 heteroatoms. The number of benzene rings is 4. The van der Waals surface area contributed by atoms with E-state index in [2.05, 4.69) is 139 Å². The van der Waals surface area contributed by atoms with E-state index < -0.39 is 7.25 Å². The molecule has 1 aromatic heterocycles. The highest BCUT2D eigenvalue weighted by Gasteiger charge is 2.26. The van der Waals surface area contributed by atoms with Gasteiger partial charge in [-0.05, 0) is 42.3 Å². The van der Waals surface area contributed by atoms with Crippen molar-refractivity contribution < 1.29 is 21.8 Å². The van der Waals surface area contributed by atoms with Gasteiger partial charge in [0.2, 0.25) is 11.4 Å². The van der Waals surface area contributed by atoms with Crippen molar-refractivity contribution in [3.8, 4) is 33.6 Å². The summed E-state index contributed by atoms with van der Waals surface area (Å²) < 4.78 is 41.5. The summed E-state index contributed by atoms with van der Waals surface area (Å²) in [6, 6.07) is 45.3. The molecule has 37 heavy (non-hydrogen) atoms. The van der Waals surface area contributed by atoms with E-state index >= 15 is 0 Å². The minimum absolute atomic E-state index is 0.811. The van der Waals surface area contributed by atoms with Gasteiger partial charge in [0.1, 0.15) is 0 Å². The van der Waals surface area contributed by atoms with E-state index in [0.29, 0.717) is 0 Å². The third-order valence-electron chi connectivity index (χ3n) is 5.99. The first-order chi connectivity index (χ1) is 17.8. The summed E-state index contributed by atoms with van der Waals surface area (Å²) in [6.45, 7) is 3.06. The summed E-state index contributed by atoms with van der Waals surface area (Å²) in [5, 5.41) is 0. The lowest BCUT2D eigenvalue weighted by Gasteiger charge is -2.16. The van der Waals surface area contributed by atoms with E-state index in [1.54, 1.807) is 0 Å². The van der Waals surface area contributed by atoms with Crippen LogP contribution in [0.3, 0.4) is 0 Å². The van der Waals surface area contributed by atoms with Gasteiger partial charge in [-0.3, -0.25) is 0 Å². The van der Waals surface area contributed by atoms with Gasteiger partial charge in [0.05, 0.1) is 0 Å². The number of nitrogens with zero attached hydrogens (tertiary/aromatic N) is 1. The molecule has 5 aromatic rings. The fraction of sp³-hybridized carbons (Fsp3) is 0.0645. The third kappa shape index (κ3) is 6.94. The number of hydrogen-bond acceptors (Lipinski definition) is 0. The quantitative estimate of drug-likeness (QED) is 0.130. The predicted octanol–water partition coefficient (Wildman–Crippen LogP) is 8.63. The normalized spacial score (nSPS) is 10.9. The summed E-state index contributed by atoms with van der Waals surface area (Å²) >= 11 is 0. The number of hydrogen-bond donors (Lipinski definition) is 0. The average Bonchev–Trinajstić information content (AvgIpc) is 2.90. The number of pyridine rings is 1. The summed E-state index contributed by atoms with van der Waals surface area (Å²) in [5.74, 6) is 0. The molecule has 0 saturated carbocycles. The van der Waals surface area contributed by atoms with E-state index in [0.717, 1.165) is 6.54 Å². The molecule has 0 amide bonds. The fourth-order valence-corrected chi connectivity index (χ4v) is 4.44. The van der Waals surface area contributed by atoms with Crippen LogP contribution < -0.4 is 4.57 Å². The molecule has 0 radical (unpaired) electrons. The molecule has 4 aromatic carbocycles. The molecule has 0 fully saturated rings. The van der Waals surface area contributed by atoms with Crippen molar-refractivity contribution in [1.82, 2.24) is 0 Å². The van der Waals surface area contributed by atoms with Crippen LogP contribution >= 0.6 is 0 Å². The molecular weight excluding hydrogens is 473 g/mol. The maximum atomic E-state index is 9.75. The second kappa shape index (κ2) is 11.7. The average molecular weight is 499 g/mol. The maximum Gasteiger partial charge on any atom is 0.673 e. The zero-order valence-electron chi connectivity index (χ0n) is 20.4. The van der Waals surface area contributed by atoms with Crippen LogP contribution in [0.15, 0.2) is 127 Å². The molecular formula is C31H26BF4N. The maximum absolute atomic E-state index is 9.75. The summed E-state index contributed by atoms with van der Waals surface area (Å²) in [7, 11) is -6.00. The lowest BCUT2D eigenvalue weighted by molar-refractivity contribution is -0.666. The van der Waals surface area contributed by atoms with Crippen molar-refractivity contribution in [2.45, 2.75) is 13.5 Å². The first-order valence-electron chi connectivity index (χ1n) is 12.0. The molecule has 0 unspecified atom stereocenters. The topological polar surface area (TPSA) is 3.88 Å². The summed E-state index contributed by atoms with van der Waals surface area (Å²) in [6.07, 6.45) is 0. The van der Waals surface area contributed by atoms with E-state index in [9.17, 15) is 17.3 Å². The molecule has 1 nitrogen and oxygen atoms in total. The molecule has 0 aliphatic carbocycles. The number of rotatable bonds is 5. The van der Waals surface area contributed by atoms with Gasteiger partial charge < -0.3 is 17.3 Å². The van der Waals surface area contributed by atoms with Crippen LogP contribution in [0.2, 0.25) is 0 Å². The van der Waals surface area contributed by atoms with Gasteiger partial charge in [-0.1, -0.05) is 97.1 Å². The molecule has 0 aliphatic rings. The molecule has 5 rings (SSSR count). The highest BCUT2D eigenvalue weighted by molar-refractivity contribution is 6.50. The van der Waals surface area contributed by atoms with Gasteiger partial charge in [-0.25, -0.2) is 0 Å². The SMILES string of the molecule is Cc1c(-c2ccccc2)cc(-c2ccccc2)[n+](Cc2ccccc2)c1-c1ccccc1.F[B-](F)(F)F. The number of aromatic nitrogens is 1. The van der Waals surface area contributed by atoms with Crippen LogP contribution in [0.4, 0.5) is 17.3 Å². The van der Waals surface area contributed by atoms with Crippen LogP contribution in [0.25, 0.3) is 33.6 Å². The lowest BCUT2D eigenvalue weighted by Crippen LogP contribution is -2.40. The molecule has 1 heterocycles. The minimum atomic E-state index is -6.00. The van der Waals surface area contributed by atoms with Crippen molar-refractivity contribution in [2.75, 3.05) is 0 Å². The standard InChI is InChI=1S/C31H26N.BF4/c1-24-29(26-16-8-3-9-17-26)22-30(27-18-10-4-11-19-27)32(23-25-14-6-2-7-15-25)31(24)28-20-12-5-13-21-28;2-1(3,4)5/h2-22H,23H2,1H3;/q+1;-1. The lowest BCUT2D eigenvalue weighted by atomic mass is 9.93. The Kier molecular flexibility index (Phi) is 8.19. The van der Waals surface area contributed by atoms with E-state index in [4.69, 9.17) is 0 Å². The van der Waals surface area contributed by atoms with Crippen molar-refractivity contribution in [2.24, 2.45) is 0 Å². The van der Waals surface area contributed by atoms with Gasteiger partial charge in [0.15, 0.2) is 6.54 Å². The van der Waals surface area contributed by atoms with Crippen LogP contribution in [-0.4, -0.2) is 7.25 Å². The fourth-order valence-electron chi connectivity index (χ4n) is 4.44. The van der Waals surface area contributed by atoms with Crippen molar-refractivity contribution in [3.05, 3.63) is 139 Å². The Balaban J connectivity index is 0.000000586. The molecule has 0 atom stereocenters. The molecule has 0 bridgehead atoms. The smallest absolute Gasteiger partial charge is 0.418 e. The van der Waals surface area contributed by atoms with Gasteiger partial charge in [-0.2, -0.15) is 4.57 Å². The molecule has 0 saturated heterocycles. The first-order valence-corrected chi connectivity index (χ1v) is 12.0. The van der Waals surface area contributed by atoms with Crippen molar-refractivity contribution in [1.29, 1.82) is 0 Å². The van der Waals surface area contributed by atoms with E-state index in [1.807, 2.05) is 0 Å². The van der Waals surface area contributed by atoms with Crippen LogP contribution in [0.5, 0.6) is 0 Å². The van der Waals surface area contributed by atoms with Crippen LogP contribution in [0, 0.1) is 6.92 Å². The second-order valence-electron chi connectivity index (χ2n) is 8.58. The van der Waals surface area contributed by atoms with E-state index in [1.165, 1.54) is 44.8 Å². The van der Waals surface area contributed by atoms with Crippen LogP contribution in [0.1, 0.15) is 11.1 Å². The van der Waals surface area contributed by atoms with Gasteiger partial charge in [-0.15, -0.1) is 0 Å². The summed E-state index contributed by atoms with van der Waals surface area (Å²) in [5.41, 5.74) is 10.0. The highest BCUT2D eigenvalue weighted by Crippen LogP contribution is 2.33. The third-order valence-corrected chi connectivity index (χ3v) is 5.99. The Morgan fingerprint density at radius 3 is 1.46 bits per heavy atom. The van der Waals surface area contributed by atoms with E-state index in [-0.39, 0.29) is 0 Å². The molecule has 0 spiro atoms. The monoisotopic (exact) mass is 499 g/mol. The predicted molar refractivity (Wildman–Crippen MR) is 143 cm³/mol. The Hall–Kier alpha value is -4.19. The van der Waals surface area contributed by atoms with Crippen molar-refractivity contribution >= 4 is 7.25 Å². The molecule has 0 N–H and O–H groups in total.